The molecule has 0 amide bonds. The molecule has 0 saturated heterocycles. The summed E-state index contributed by atoms with van der Waals surface area (Å²) >= 11 is 11.9. The van der Waals surface area contributed by atoms with Crippen molar-refractivity contribution < 1.29 is 9.90 Å². The van der Waals surface area contributed by atoms with Gasteiger partial charge in [-0.15, -0.1) is 0 Å². The van der Waals surface area contributed by atoms with E-state index in [9.17, 15) is 10.1 Å². The normalized spacial score (nSPS) is 10.1. The van der Waals surface area contributed by atoms with Gasteiger partial charge in [-0.1, -0.05) is 23.2 Å². The highest BCUT2D eigenvalue weighted by Crippen LogP contribution is 2.30. The quantitative estimate of drug-likeness (QED) is 0.912. The van der Waals surface area contributed by atoms with E-state index in [0.717, 1.165) is 0 Å². The van der Waals surface area contributed by atoms with Crippen LogP contribution < -0.4 is 0 Å². The van der Waals surface area contributed by atoms with E-state index in [-0.39, 0.29) is 5.69 Å². The molecule has 6 heteroatoms. The number of hydrogen-bond acceptors (Lipinski definition) is 3. The molecule has 0 radical (unpaired) electrons. The van der Waals surface area contributed by atoms with Gasteiger partial charge in [0.05, 0.1) is 11.3 Å². The van der Waals surface area contributed by atoms with Crippen LogP contribution in [-0.2, 0) is 0 Å². The van der Waals surface area contributed by atoms with Crippen molar-refractivity contribution in [2.24, 2.45) is 0 Å². The molecule has 4 nitrogen and oxygen atoms in total. The summed E-state index contributed by atoms with van der Waals surface area (Å²) in [5.74, 6) is -1.16. The van der Waals surface area contributed by atoms with Gasteiger partial charge in [-0.25, -0.2) is 9.78 Å². The summed E-state index contributed by atoms with van der Waals surface area (Å²) in [5, 5.41) is 19.1. The number of aromatic nitrogens is 1. The van der Waals surface area contributed by atoms with E-state index in [2.05, 4.69) is 4.98 Å². The van der Waals surface area contributed by atoms with Gasteiger partial charge in [-0.3, -0.25) is 0 Å². The maximum Gasteiger partial charge on any atom is 0.354 e. The first-order valence-corrected chi connectivity index (χ1v) is 6.29. The van der Waals surface area contributed by atoms with Gasteiger partial charge in [-0.05, 0) is 36.8 Å². The molecule has 0 spiro atoms. The molecule has 20 heavy (non-hydrogen) atoms. The van der Waals surface area contributed by atoms with Crippen LogP contribution in [0.5, 0.6) is 0 Å². The Kier molecular flexibility index (Phi) is 3.93. The van der Waals surface area contributed by atoms with Crippen molar-refractivity contribution in [3.63, 3.8) is 0 Å². The highest BCUT2D eigenvalue weighted by molar-refractivity contribution is 6.35. The molecule has 1 heterocycles. The topological polar surface area (TPSA) is 74.0 Å². The summed E-state index contributed by atoms with van der Waals surface area (Å²) in [6.07, 6.45) is 0. The summed E-state index contributed by atoms with van der Waals surface area (Å²) in [4.78, 5) is 15.0. The SMILES string of the molecule is Cc1nc(C(=O)O)cc(-c2cc(Cl)cc(Cl)c2)c1C#N. The van der Waals surface area contributed by atoms with Crippen LogP contribution in [0.1, 0.15) is 21.7 Å². The third kappa shape index (κ3) is 2.74. The molecule has 0 saturated carbocycles. The fourth-order valence-electron chi connectivity index (χ4n) is 1.86. The van der Waals surface area contributed by atoms with Gasteiger partial charge < -0.3 is 5.11 Å². The number of aryl methyl sites for hydroxylation is 1. The molecule has 0 unspecified atom stereocenters. The number of nitrogens with zero attached hydrogens (tertiary/aromatic N) is 2. The third-order valence-corrected chi connectivity index (χ3v) is 3.14. The molecule has 100 valence electrons. The van der Waals surface area contributed by atoms with E-state index in [4.69, 9.17) is 28.3 Å². The first-order valence-electron chi connectivity index (χ1n) is 5.54. The lowest BCUT2D eigenvalue weighted by Crippen LogP contribution is -2.04. The number of benzene rings is 1. The fraction of sp³-hybridized carbons (Fsp3) is 0.0714. The molecule has 0 aliphatic carbocycles. The van der Waals surface area contributed by atoms with Gasteiger partial charge >= 0.3 is 5.97 Å². The van der Waals surface area contributed by atoms with E-state index in [0.29, 0.717) is 32.4 Å². The Bertz CT molecular complexity index is 731. The Morgan fingerprint density at radius 2 is 1.85 bits per heavy atom. The number of nitriles is 1. The first kappa shape index (κ1) is 14.3. The molecule has 1 N–H and O–H groups in total. The predicted octanol–water partition coefficient (Wildman–Crippen LogP) is 3.93. The smallest absolute Gasteiger partial charge is 0.354 e. The highest BCUT2D eigenvalue weighted by Gasteiger charge is 2.15. The molecule has 0 fully saturated rings. The number of aromatic carboxylic acids is 1. The first-order chi connectivity index (χ1) is 9.42. The molecule has 0 aliphatic rings. The summed E-state index contributed by atoms with van der Waals surface area (Å²) < 4.78 is 0. The standard InChI is InChI=1S/C14H8Cl2N2O2/c1-7-12(6-17)11(5-13(18-7)14(19)20)8-2-9(15)4-10(16)3-8/h2-5H,1H3,(H,19,20). The Morgan fingerprint density at radius 1 is 1.25 bits per heavy atom. The van der Waals surface area contributed by atoms with Crippen LogP contribution >= 0.6 is 23.2 Å². The van der Waals surface area contributed by atoms with E-state index >= 15 is 0 Å². The molecular formula is C14H8Cl2N2O2. The Labute approximate surface area is 125 Å². The molecule has 1 aromatic heterocycles. The number of pyridine rings is 1. The fourth-order valence-corrected chi connectivity index (χ4v) is 2.39. The summed E-state index contributed by atoms with van der Waals surface area (Å²) in [6, 6.07) is 8.17. The van der Waals surface area contributed by atoms with Crippen molar-refractivity contribution in [1.29, 1.82) is 5.26 Å². The van der Waals surface area contributed by atoms with Gasteiger partial charge in [0, 0.05) is 15.6 Å². The maximum absolute atomic E-state index is 11.1. The largest absolute Gasteiger partial charge is 0.477 e. The molecule has 2 rings (SSSR count). The lowest BCUT2D eigenvalue weighted by molar-refractivity contribution is 0.0690. The third-order valence-electron chi connectivity index (χ3n) is 2.70. The van der Waals surface area contributed by atoms with Gasteiger partial charge in [0.25, 0.3) is 0 Å². The van der Waals surface area contributed by atoms with Crippen molar-refractivity contribution in [3.8, 4) is 17.2 Å². The van der Waals surface area contributed by atoms with Crippen LogP contribution in [0.3, 0.4) is 0 Å². The molecular weight excluding hydrogens is 299 g/mol. The lowest BCUT2D eigenvalue weighted by Gasteiger charge is -2.09. The zero-order valence-corrected chi connectivity index (χ0v) is 11.8. The zero-order chi connectivity index (χ0) is 14.9. The number of hydrogen-bond donors (Lipinski definition) is 1. The van der Waals surface area contributed by atoms with E-state index in [1.54, 1.807) is 25.1 Å². The van der Waals surface area contributed by atoms with Crippen molar-refractivity contribution >= 4 is 29.2 Å². The van der Waals surface area contributed by atoms with Crippen molar-refractivity contribution in [2.75, 3.05) is 0 Å². The minimum Gasteiger partial charge on any atom is -0.477 e. The molecule has 0 atom stereocenters. The Morgan fingerprint density at radius 3 is 2.35 bits per heavy atom. The second-order valence-corrected chi connectivity index (χ2v) is 4.96. The summed E-state index contributed by atoms with van der Waals surface area (Å²) in [5.41, 5.74) is 1.54. The van der Waals surface area contributed by atoms with Crippen LogP contribution in [0.4, 0.5) is 0 Å². The van der Waals surface area contributed by atoms with Gasteiger partial charge in [0.2, 0.25) is 0 Å². The van der Waals surface area contributed by atoms with Crippen LogP contribution in [0.2, 0.25) is 10.0 Å². The maximum atomic E-state index is 11.1. The van der Waals surface area contributed by atoms with Crippen LogP contribution in [-0.4, -0.2) is 16.1 Å². The van der Waals surface area contributed by atoms with E-state index in [1.165, 1.54) is 6.07 Å². The monoisotopic (exact) mass is 306 g/mol. The minimum atomic E-state index is -1.16. The van der Waals surface area contributed by atoms with E-state index < -0.39 is 5.97 Å². The lowest BCUT2D eigenvalue weighted by atomic mass is 9.99. The van der Waals surface area contributed by atoms with Gasteiger partial charge in [0.1, 0.15) is 11.8 Å². The van der Waals surface area contributed by atoms with Gasteiger partial charge in [0.15, 0.2) is 0 Å². The molecule has 2 aromatic rings. The summed E-state index contributed by atoms with van der Waals surface area (Å²) in [7, 11) is 0. The van der Waals surface area contributed by atoms with Crippen molar-refractivity contribution in [3.05, 3.63) is 51.3 Å². The molecule has 0 aliphatic heterocycles. The Balaban J connectivity index is 2.77. The van der Waals surface area contributed by atoms with Crippen LogP contribution in [0.25, 0.3) is 11.1 Å². The van der Waals surface area contributed by atoms with Crippen molar-refractivity contribution in [1.82, 2.24) is 4.98 Å². The molecule has 0 bridgehead atoms. The second kappa shape index (κ2) is 5.49. The van der Waals surface area contributed by atoms with Crippen molar-refractivity contribution in [2.45, 2.75) is 6.92 Å². The number of carbonyl (C=O) groups is 1. The minimum absolute atomic E-state index is 0.132. The summed E-state index contributed by atoms with van der Waals surface area (Å²) in [6.45, 7) is 1.58. The van der Waals surface area contributed by atoms with E-state index in [1.807, 2.05) is 6.07 Å². The molecule has 1 aromatic carbocycles. The highest BCUT2D eigenvalue weighted by atomic mass is 35.5. The number of halogens is 2. The average Bonchev–Trinajstić information content (AvgIpc) is 2.36. The number of rotatable bonds is 2. The van der Waals surface area contributed by atoms with Crippen LogP contribution in [0, 0.1) is 18.3 Å². The second-order valence-electron chi connectivity index (χ2n) is 4.09. The predicted molar refractivity (Wildman–Crippen MR) is 76.1 cm³/mol. The van der Waals surface area contributed by atoms with Crippen LogP contribution in [0.15, 0.2) is 24.3 Å². The number of carboxylic acid groups (broad SMARTS) is 1. The van der Waals surface area contributed by atoms with Gasteiger partial charge in [-0.2, -0.15) is 5.26 Å². The zero-order valence-electron chi connectivity index (χ0n) is 10.3. The number of carboxylic acids is 1. The Hall–Kier alpha value is -2.09. The average molecular weight is 307 g/mol.